The number of hydrogen-bond acceptors (Lipinski definition) is 2. The summed E-state index contributed by atoms with van der Waals surface area (Å²) in [6.45, 7) is 10.8. The predicted octanol–water partition coefficient (Wildman–Crippen LogP) is 1.93. The molecule has 16 heavy (non-hydrogen) atoms. The molecule has 3 nitrogen and oxygen atoms in total. The molecule has 0 aromatic rings. The summed E-state index contributed by atoms with van der Waals surface area (Å²) in [6.07, 6.45) is 2.34. The number of fused-ring (bicyclic) bond motifs is 1. The Morgan fingerprint density at radius 2 is 1.94 bits per heavy atom. The van der Waals surface area contributed by atoms with Crippen molar-refractivity contribution in [2.45, 2.75) is 52.7 Å². The van der Waals surface area contributed by atoms with E-state index < -0.39 is 0 Å². The van der Waals surface area contributed by atoms with Crippen molar-refractivity contribution < 1.29 is 4.79 Å². The number of hydrogen-bond donors (Lipinski definition) is 0. The lowest BCUT2D eigenvalue weighted by atomic mass is 10.0. The van der Waals surface area contributed by atoms with Crippen molar-refractivity contribution in [2.75, 3.05) is 13.1 Å². The molecule has 1 amide bonds. The second-order valence-corrected chi connectivity index (χ2v) is 6.10. The molecule has 0 N–H and O–H groups in total. The van der Waals surface area contributed by atoms with Crippen molar-refractivity contribution in [3.63, 3.8) is 0 Å². The maximum Gasteiger partial charge on any atom is 0.224 e. The van der Waals surface area contributed by atoms with Gasteiger partial charge in [0.1, 0.15) is 0 Å². The summed E-state index contributed by atoms with van der Waals surface area (Å²) < 4.78 is 0. The van der Waals surface area contributed by atoms with Gasteiger partial charge < -0.3 is 4.90 Å². The SMILES string of the molecule is CC(C)CC(=O)N1CC2CC1N2CC(C)C. The first-order chi connectivity index (χ1) is 7.49. The van der Waals surface area contributed by atoms with Gasteiger partial charge in [-0.2, -0.15) is 0 Å². The zero-order valence-electron chi connectivity index (χ0n) is 10.9. The van der Waals surface area contributed by atoms with Gasteiger partial charge in [-0.05, 0) is 18.3 Å². The molecule has 2 atom stereocenters. The summed E-state index contributed by atoms with van der Waals surface area (Å²) in [7, 11) is 0. The molecule has 0 aromatic carbocycles. The number of amides is 1. The minimum Gasteiger partial charge on any atom is -0.325 e. The fraction of sp³-hybridized carbons (Fsp3) is 0.923. The molecule has 2 bridgehead atoms. The third-order valence-electron chi connectivity index (χ3n) is 3.58. The maximum atomic E-state index is 12.0. The van der Waals surface area contributed by atoms with Crippen LogP contribution in [0, 0.1) is 11.8 Å². The molecule has 3 heterocycles. The summed E-state index contributed by atoms with van der Waals surface area (Å²) in [5.41, 5.74) is 0. The fourth-order valence-corrected chi connectivity index (χ4v) is 2.88. The molecular formula is C13H24N2O. The third-order valence-corrected chi connectivity index (χ3v) is 3.58. The first kappa shape index (κ1) is 11.9. The maximum absolute atomic E-state index is 12.0. The van der Waals surface area contributed by atoms with Crippen molar-refractivity contribution in [1.29, 1.82) is 0 Å². The average molecular weight is 224 g/mol. The molecule has 0 spiro atoms. The second kappa shape index (κ2) is 4.36. The highest BCUT2D eigenvalue weighted by molar-refractivity contribution is 5.77. The van der Waals surface area contributed by atoms with Crippen molar-refractivity contribution in [3.8, 4) is 0 Å². The van der Waals surface area contributed by atoms with E-state index in [4.69, 9.17) is 0 Å². The molecule has 92 valence electrons. The third kappa shape index (κ3) is 2.10. The normalized spacial score (nSPS) is 29.0. The Kier molecular flexibility index (Phi) is 3.24. The van der Waals surface area contributed by atoms with Crippen LogP contribution in [0.1, 0.15) is 40.5 Å². The van der Waals surface area contributed by atoms with Gasteiger partial charge in [0, 0.05) is 25.6 Å². The molecule has 3 heteroatoms. The lowest BCUT2D eigenvalue weighted by molar-refractivity contribution is -0.135. The molecule has 0 radical (unpaired) electrons. The van der Waals surface area contributed by atoms with E-state index in [0.29, 0.717) is 36.4 Å². The highest BCUT2D eigenvalue weighted by Crippen LogP contribution is 2.38. The molecule has 0 aromatic heterocycles. The summed E-state index contributed by atoms with van der Waals surface area (Å²) in [5.74, 6) is 1.53. The van der Waals surface area contributed by atoms with Gasteiger partial charge in [-0.25, -0.2) is 0 Å². The van der Waals surface area contributed by atoms with Gasteiger partial charge in [-0.15, -0.1) is 0 Å². The number of carbonyl (C=O) groups excluding carboxylic acids is 1. The number of carbonyl (C=O) groups is 1. The van der Waals surface area contributed by atoms with Gasteiger partial charge in [0.05, 0.1) is 6.17 Å². The highest BCUT2D eigenvalue weighted by atomic mass is 16.2. The van der Waals surface area contributed by atoms with Crippen LogP contribution in [0.25, 0.3) is 0 Å². The van der Waals surface area contributed by atoms with Crippen molar-refractivity contribution in [3.05, 3.63) is 0 Å². The fourth-order valence-electron chi connectivity index (χ4n) is 2.88. The largest absolute Gasteiger partial charge is 0.325 e. The molecule has 3 fully saturated rings. The van der Waals surface area contributed by atoms with E-state index in [2.05, 4.69) is 37.5 Å². The Morgan fingerprint density at radius 3 is 2.50 bits per heavy atom. The van der Waals surface area contributed by atoms with E-state index in [1.165, 1.54) is 6.42 Å². The van der Waals surface area contributed by atoms with E-state index in [1.807, 2.05) is 0 Å². The van der Waals surface area contributed by atoms with Gasteiger partial charge in [0.25, 0.3) is 0 Å². The van der Waals surface area contributed by atoms with Crippen LogP contribution in [-0.4, -0.2) is 41.0 Å². The Bertz CT molecular complexity index is 275. The van der Waals surface area contributed by atoms with E-state index >= 15 is 0 Å². The Labute approximate surface area is 98.8 Å². The van der Waals surface area contributed by atoms with Crippen LogP contribution in [0.3, 0.4) is 0 Å². The van der Waals surface area contributed by atoms with Crippen LogP contribution in [-0.2, 0) is 4.79 Å². The first-order valence-corrected chi connectivity index (χ1v) is 6.54. The lowest BCUT2D eigenvalue weighted by Gasteiger charge is -2.41. The summed E-state index contributed by atoms with van der Waals surface area (Å²) >= 11 is 0. The van der Waals surface area contributed by atoms with Crippen LogP contribution in [0.15, 0.2) is 0 Å². The van der Waals surface area contributed by atoms with Crippen LogP contribution < -0.4 is 0 Å². The smallest absolute Gasteiger partial charge is 0.224 e. The van der Waals surface area contributed by atoms with Crippen molar-refractivity contribution >= 4 is 5.91 Å². The van der Waals surface area contributed by atoms with E-state index in [9.17, 15) is 4.79 Å². The lowest BCUT2D eigenvalue weighted by Crippen LogP contribution is -2.53. The van der Waals surface area contributed by atoms with Crippen LogP contribution in [0.5, 0.6) is 0 Å². The van der Waals surface area contributed by atoms with Gasteiger partial charge in [-0.1, -0.05) is 27.7 Å². The topological polar surface area (TPSA) is 23.6 Å². The van der Waals surface area contributed by atoms with E-state index in [1.54, 1.807) is 0 Å². The van der Waals surface area contributed by atoms with Gasteiger partial charge in [0.2, 0.25) is 5.91 Å². The Hall–Kier alpha value is -0.570. The molecule has 3 saturated heterocycles. The summed E-state index contributed by atoms with van der Waals surface area (Å²) in [4.78, 5) is 16.6. The predicted molar refractivity (Wildman–Crippen MR) is 64.9 cm³/mol. The Balaban J connectivity index is 1.89. The molecule has 3 aliphatic rings. The van der Waals surface area contributed by atoms with Crippen molar-refractivity contribution in [1.82, 2.24) is 9.80 Å². The van der Waals surface area contributed by atoms with E-state index in [-0.39, 0.29) is 0 Å². The second-order valence-electron chi connectivity index (χ2n) is 6.10. The molecule has 2 unspecified atom stereocenters. The van der Waals surface area contributed by atoms with Crippen LogP contribution in [0.2, 0.25) is 0 Å². The average Bonchev–Trinajstić information content (AvgIpc) is 2.69. The molecule has 0 aliphatic carbocycles. The van der Waals surface area contributed by atoms with Gasteiger partial charge in [0.15, 0.2) is 0 Å². The minimum atomic E-state index is 0.355. The number of nitrogens with zero attached hydrogens (tertiary/aromatic N) is 2. The Morgan fingerprint density at radius 1 is 1.25 bits per heavy atom. The molecule has 0 saturated carbocycles. The molecular weight excluding hydrogens is 200 g/mol. The van der Waals surface area contributed by atoms with Crippen LogP contribution >= 0.6 is 0 Å². The van der Waals surface area contributed by atoms with E-state index in [0.717, 1.165) is 13.1 Å². The zero-order valence-corrected chi connectivity index (χ0v) is 10.9. The zero-order chi connectivity index (χ0) is 11.9. The molecule has 3 rings (SSSR count). The van der Waals surface area contributed by atoms with Gasteiger partial charge in [-0.3, -0.25) is 9.69 Å². The van der Waals surface area contributed by atoms with Crippen LogP contribution in [0.4, 0.5) is 0 Å². The van der Waals surface area contributed by atoms with Gasteiger partial charge >= 0.3 is 0 Å². The standard InChI is InChI=1S/C13H24N2O/c1-9(2)5-13(16)15-8-11-6-12(15)14(11)7-10(3)4/h9-12H,5-8H2,1-4H3. The monoisotopic (exact) mass is 224 g/mol. The first-order valence-electron chi connectivity index (χ1n) is 6.54. The minimum absolute atomic E-state index is 0.355. The molecule has 3 aliphatic heterocycles. The number of rotatable bonds is 4. The quantitative estimate of drug-likeness (QED) is 0.728. The summed E-state index contributed by atoms with van der Waals surface area (Å²) in [5, 5.41) is 0. The summed E-state index contributed by atoms with van der Waals surface area (Å²) in [6, 6.07) is 0.656. The van der Waals surface area contributed by atoms with Crippen molar-refractivity contribution in [2.24, 2.45) is 11.8 Å². The highest BCUT2D eigenvalue weighted by Gasteiger charge is 2.51.